The summed E-state index contributed by atoms with van der Waals surface area (Å²) in [6.07, 6.45) is 1.21. The number of hydrogen-bond donors (Lipinski definition) is 1. The molecule has 0 atom stereocenters. The summed E-state index contributed by atoms with van der Waals surface area (Å²) < 4.78 is 5.85. The largest absolute Gasteiger partial charge is 0.455 e. The minimum atomic E-state index is -0.0116. The van der Waals surface area contributed by atoms with Gasteiger partial charge in [-0.05, 0) is 42.1 Å². The fourth-order valence-electron chi connectivity index (χ4n) is 2.18. The van der Waals surface area contributed by atoms with Crippen LogP contribution in [0.4, 0.5) is 5.69 Å². The van der Waals surface area contributed by atoms with Crippen molar-refractivity contribution >= 4 is 22.9 Å². The Labute approximate surface area is 139 Å². The summed E-state index contributed by atoms with van der Waals surface area (Å²) >= 11 is 1.67. The van der Waals surface area contributed by atoms with Gasteiger partial charge in [0.1, 0.15) is 5.75 Å². The lowest BCUT2D eigenvalue weighted by Gasteiger charge is -2.12. The van der Waals surface area contributed by atoms with Gasteiger partial charge in [0.05, 0.1) is 5.69 Å². The molecule has 1 heterocycles. The second-order valence-electron chi connectivity index (χ2n) is 5.04. The van der Waals surface area contributed by atoms with Crippen LogP contribution in [0.15, 0.2) is 72.1 Å². The van der Waals surface area contributed by atoms with Crippen LogP contribution >= 0.6 is 11.3 Å². The third-order valence-corrected chi connectivity index (χ3v) is 4.25. The minimum absolute atomic E-state index is 0.0116. The van der Waals surface area contributed by atoms with Gasteiger partial charge in [0, 0.05) is 11.3 Å². The molecule has 0 spiro atoms. The summed E-state index contributed by atoms with van der Waals surface area (Å²) in [4.78, 5) is 13.4. The van der Waals surface area contributed by atoms with Gasteiger partial charge in [-0.15, -0.1) is 11.3 Å². The van der Waals surface area contributed by atoms with Gasteiger partial charge in [0.25, 0.3) is 0 Å². The zero-order chi connectivity index (χ0) is 15.9. The second-order valence-corrected chi connectivity index (χ2v) is 6.07. The zero-order valence-corrected chi connectivity index (χ0v) is 13.4. The standard InChI is InChI=1S/C19H17NO2S/c21-19(13-12-16-9-6-14-23-16)20-17-10-4-5-11-18(17)22-15-7-2-1-3-8-15/h1-11,14H,12-13H2,(H,20,21). The molecule has 4 heteroatoms. The monoisotopic (exact) mass is 323 g/mol. The molecule has 0 radical (unpaired) electrons. The maximum Gasteiger partial charge on any atom is 0.224 e. The first-order chi connectivity index (χ1) is 11.3. The van der Waals surface area contributed by atoms with Crippen LogP contribution in [0, 0.1) is 0 Å². The Balaban J connectivity index is 1.64. The maximum absolute atomic E-state index is 12.2. The van der Waals surface area contributed by atoms with E-state index in [1.54, 1.807) is 11.3 Å². The van der Waals surface area contributed by atoms with E-state index in [1.165, 1.54) is 4.88 Å². The molecular formula is C19H17NO2S. The molecule has 1 N–H and O–H groups in total. The van der Waals surface area contributed by atoms with E-state index in [9.17, 15) is 4.79 Å². The van der Waals surface area contributed by atoms with Crippen molar-refractivity contribution < 1.29 is 9.53 Å². The number of carbonyl (C=O) groups is 1. The van der Waals surface area contributed by atoms with Gasteiger partial charge in [-0.25, -0.2) is 0 Å². The topological polar surface area (TPSA) is 38.3 Å². The molecule has 1 amide bonds. The number of nitrogens with one attached hydrogen (secondary N) is 1. The summed E-state index contributed by atoms with van der Waals surface area (Å²) in [6, 6.07) is 21.0. The van der Waals surface area contributed by atoms with Crippen molar-refractivity contribution in [3.63, 3.8) is 0 Å². The Hall–Kier alpha value is -2.59. The molecule has 0 fully saturated rings. The summed E-state index contributed by atoms with van der Waals surface area (Å²) in [7, 11) is 0. The molecule has 0 aliphatic rings. The average molecular weight is 323 g/mol. The average Bonchev–Trinajstić information content (AvgIpc) is 3.09. The lowest BCUT2D eigenvalue weighted by atomic mass is 10.2. The van der Waals surface area contributed by atoms with Crippen LogP contribution in [0.2, 0.25) is 0 Å². The van der Waals surface area contributed by atoms with Crippen molar-refractivity contribution in [2.24, 2.45) is 0 Å². The number of rotatable bonds is 6. The number of aryl methyl sites for hydroxylation is 1. The van der Waals surface area contributed by atoms with E-state index in [4.69, 9.17) is 4.74 Å². The van der Waals surface area contributed by atoms with Gasteiger partial charge in [-0.1, -0.05) is 36.4 Å². The number of benzene rings is 2. The summed E-state index contributed by atoms with van der Waals surface area (Å²) in [5, 5.41) is 4.96. The van der Waals surface area contributed by atoms with E-state index in [-0.39, 0.29) is 5.91 Å². The number of amides is 1. The predicted molar refractivity (Wildman–Crippen MR) is 94.2 cm³/mol. The number of hydrogen-bond acceptors (Lipinski definition) is 3. The molecule has 0 aliphatic carbocycles. The first kappa shape index (κ1) is 15.3. The Kier molecular flexibility index (Phi) is 5.06. The minimum Gasteiger partial charge on any atom is -0.455 e. The molecule has 3 nitrogen and oxygen atoms in total. The molecule has 1 aromatic heterocycles. The number of thiophene rings is 1. The molecule has 0 unspecified atom stereocenters. The molecule has 0 saturated carbocycles. The lowest BCUT2D eigenvalue weighted by molar-refractivity contribution is -0.116. The summed E-state index contributed by atoms with van der Waals surface area (Å²) in [5.41, 5.74) is 0.688. The van der Waals surface area contributed by atoms with Crippen molar-refractivity contribution in [1.82, 2.24) is 0 Å². The van der Waals surface area contributed by atoms with Gasteiger partial charge >= 0.3 is 0 Å². The highest BCUT2D eigenvalue weighted by atomic mass is 32.1. The van der Waals surface area contributed by atoms with E-state index in [0.717, 1.165) is 12.2 Å². The van der Waals surface area contributed by atoms with Crippen molar-refractivity contribution in [2.75, 3.05) is 5.32 Å². The van der Waals surface area contributed by atoms with Gasteiger partial charge < -0.3 is 10.1 Å². The van der Waals surface area contributed by atoms with E-state index in [1.807, 2.05) is 72.1 Å². The Morgan fingerprint density at radius 3 is 2.52 bits per heavy atom. The lowest BCUT2D eigenvalue weighted by Crippen LogP contribution is -2.12. The van der Waals surface area contributed by atoms with Gasteiger partial charge in [0.15, 0.2) is 5.75 Å². The Morgan fingerprint density at radius 2 is 1.74 bits per heavy atom. The Morgan fingerprint density at radius 1 is 0.957 bits per heavy atom. The molecule has 2 aromatic carbocycles. The molecule has 0 bridgehead atoms. The molecule has 23 heavy (non-hydrogen) atoms. The second kappa shape index (κ2) is 7.61. The maximum atomic E-state index is 12.2. The highest BCUT2D eigenvalue weighted by molar-refractivity contribution is 7.09. The van der Waals surface area contributed by atoms with E-state index in [2.05, 4.69) is 5.32 Å². The number of ether oxygens (including phenoxy) is 1. The van der Waals surface area contributed by atoms with Crippen LogP contribution in [-0.2, 0) is 11.2 Å². The van der Waals surface area contributed by atoms with Crippen molar-refractivity contribution in [2.45, 2.75) is 12.8 Å². The highest BCUT2D eigenvalue weighted by Gasteiger charge is 2.09. The fraction of sp³-hybridized carbons (Fsp3) is 0.105. The Bertz CT molecular complexity index is 754. The fourth-order valence-corrected chi connectivity index (χ4v) is 2.89. The van der Waals surface area contributed by atoms with E-state index >= 15 is 0 Å². The normalized spacial score (nSPS) is 10.3. The van der Waals surface area contributed by atoms with Crippen LogP contribution < -0.4 is 10.1 Å². The molecule has 3 rings (SSSR count). The molecule has 0 saturated heterocycles. The van der Waals surface area contributed by atoms with E-state index in [0.29, 0.717) is 17.9 Å². The van der Waals surface area contributed by atoms with Crippen LogP contribution in [0.3, 0.4) is 0 Å². The summed E-state index contributed by atoms with van der Waals surface area (Å²) in [6.45, 7) is 0. The van der Waals surface area contributed by atoms with Gasteiger partial charge in [-0.2, -0.15) is 0 Å². The van der Waals surface area contributed by atoms with Crippen LogP contribution in [0.25, 0.3) is 0 Å². The van der Waals surface area contributed by atoms with Crippen molar-refractivity contribution in [3.05, 3.63) is 77.0 Å². The summed E-state index contributed by atoms with van der Waals surface area (Å²) in [5.74, 6) is 1.37. The molecule has 3 aromatic rings. The molecule has 0 aliphatic heterocycles. The molecule has 116 valence electrons. The van der Waals surface area contributed by atoms with E-state index < -0.39 is 0 Å². The highest BCUT2D eigenvalue weighted by Crippen LogP contribution is 2.29. The van der Waals surface area contributed by atoms with Crippen LogP contribution in [0.1, 0.15) is 11.3 Å². The quantitative estimate of drug-likeness (QED) is 0.684. The number of para-hydroxylation sites is 3. The van der Waals surface area contributed by atoms with Crippen molar-refractivity contribution in [1.29, 1.82) is 0 Å². The first-order valence-electron chi connectivity index (χ1n) is 7.45. The van der Waals surface area contributed by atoms with Crippen LogP contribution in [0.5, 0.6) is 11.5 Å². The van der Waals surface area contributed by atoms with Gasteiger partial charge in [0.2, 0.25) is 5.91 Å². The number of anilines is 1. The third-order valence-electron chi connectivity index (χ3n) is 3.31. The predicted octanol–water partition coefficient (Wildman–Crippen LogP) is 5.11. The SMILES string of the molecule is O=C(CCc1cccs1)Nc1ccccc1Oc1ccccc1. The smallest absolute Gasteiger partial charge is 0.224 e. The third kappa shape index (κ3) is 4.44. The first-order valence-corrected chi connectivity index (χ1v) is 8.33. The van der Waals surface area contributed by atoms with Gasteiger partial charge in [-0.3, -0.25) is 4.79 Å². The number of carbonyl (C=O) groups excluding carboxylic acids is 1. The van der Waals surface area contributed by atoms with Crippen molar-refractivity contribution in [3.8, 4) is 11.5 Å². The zero-order valence-electron chi connectivity index (χ0n) is 12.6. The molecular weight excluding hydrogens is 306 g/mol. The van der Waals surface area contributed by atoms with Crippen LogP contribution in [-0.4, -0.2) is 5.91 Å².